The first-order valence-electron chi connectivity index (χ1n) is 7.42. The highest BCUT2D eigenvalue weighted by atomic mass is 127. The third-order valence-corrected chi connectivity index (χ3v) is 3.85. The Bertz CT molecular complexity index is 599. The fourth-order valence-corrected chi connectivity index (χ4v) is 2.73. The van der Waals surface area contributed by atoms with Crippen molar-refractivity contribution in [3.63, 3.8) is 0 Å². The summed E-state index contributed by atoms with van der Waals surface area (Å²) in [4.78, 5) is 4.76. The summed E-state index contributed by atoms with van der Waals surface area (Å²) in [6, 6.07) is 8.86. The van der Waals surface area contributed by atoms with Gasteiger partial charge in [0.05, 0.1) is 11.0 Å². The molecule has 0 aliphatic carbocycles. The summed E-state index contributed by atoms with van der Waals surface area (Å²) in [7, 11) is 0. The fourth-order valence-electron chi connectivity index (χ4n) is 2.73. The topological polar surface area (TPSA) is 41.9 Å². The van der Waals surface area contributed by atoms with Gasteiger partial charge in [-0.3, -0.25) is 0 Å². The van der Waals surface area contributed by atoms with E-state index in [2.05, 4.69) is 52.5 Å². The molecule has 2 aromatic rings. The Labute approximate surface area is 143 Å². The number of hydrogen-bond donors (Lipinski definition) is 2. The summed E-state index contributed by atoms with van der Waals surface area (Å²) >= 11 is 0. The van der Waals surface area contributed by atoms with Crippen LogP contribution >= 0.6 is 24.0 Å². The van der Waals surface area contributed by atoms with Gasteiger partial charge in [0.1, 0.15) is 0 Å². The number of halogens is 1. The Kier molecular flexibility index (Phi) is 6.05. The summed E-state index contributed by atoms with van der Waals surface area (Å²) in [6.45, 7) is 5.10. The van der Waals surface area contributed by atoms with Crippen LogP contribution in [0.2, 0.25) is 0 Å². The normalized spacial score (nSPS) is 16.2. The summed E-state index contributed by atoms with van der Waals surface area (Å²) in [5, 5.41) is 7.02. The van der Waals surface area contributed by atoms with Gasteiger partial charge in [-0.1, -0.05) is 24.3 Å². The van der Waals surface area contributed by atoms with E-state index >= 15 is 0 Å². The van der Waals surface area contributed by atoms with Gasteiger partial charge in [-0.05, 0) is 45.0 Å². The van der Waals surface area contributed by atoms with E-state index < -0.39 is 0 Å². The van der Waals surface area contributed by atoms with Crippen LogP contribution < -0.4 is 10.6 Å². The van der Waals surface area contributed by atoms with Crippen LogP contribution in [0.15, 0.2) is 36.4 Å². The Morgan fingerprint density at radius 2 is 2.10 bits per heavy atom. The Hall–Kier alpha value is -1.08. The predicted molar refractivity (Wildman–Crippen MR) is 99.5 cm³/mol. The van der Waals surface area contributed by atoms with E-state index in [-0.39, 0.29) is 24.0 Å². The van der Waals surface area contributed by atoms with Crippen LogP contribution in [0.4, 0.5) is 5.95 Å². The number of hydrogen-bond acceptors (Lipinski definition) is 3. The monoisotopic (exact) mass is 398 g/mol. The van der Waals surface area contributed by atoms with E-state index in [1.165, 1.54) is 5.52 Å². The van der Waals surface area contributed by atoms with Gasteiger partial charge < -0.3 is 15.2 Å². The molecule has 0 spiro atoms. The molecule has 1 aromatic heterocycles. The molecule has 2 N–H and O–H groups in total. The number of nitrogens with one attached hydrogen (secondary N) is 2. The van der Waals surface area contributed by atoms with Crippen molar-refractivity contribution >= 4 is 41.0 Å². The zero-order chi connectivity index (χ0) is 13.8. The number of fused-ring (bicyclic) bond motifs is 1. The SMILES string of the molecule is CC=CCn1c(NC2CCNCC2)nc2ccccc21.I. The second kappa shape index (κ2) is 7.79. The first kappa shape index (κ1) is 16.3. The molecule has 114 valence electrons. The second-order valence-corrected chi connectivity index (χ2v) is 5.27. The van der Waals surface area contributed by atoms with E-state index in [1.54, 1.807) is 0 Å². The highest BCUT2D eigenvalue weighted by Gasteiger charge is 2.16. The van der Waals surface area contributed by atoms with Crippen molar-refractivity contribution in [3.05, 3.63) is 36.4 Å². The molecule has 1 aliphatic heterocycles. The van der Waals surface area contributed by atoms with E-state index in [9.17, 15) is 0 Å². The van der Waals surface area contributed by atoms with Gasteiger partial charge in [-0.2, -0.15) is 0 Å². The summed E-state index contributed by atoms with van der Waals surface area (Å²) in [6.07, 6.45) is 6.57. The van der Waals surface area contributed by atoms with Crippen LogP contribution in [0.25, 0.3) is 11.0 Å². The Morgan fingerprint density at radius 1 is 1.33 bits per heavy atom. The van der Waals surface area contributed by atoms with Crippen LogP contribution in [0.1, 0.15) is 19.8 Å². The van der Waals surface area contributed by atoms with Crippen LogP contribution in [0, 0.1) is 0 Å². The number of nitrogens with zero attached hydrogens (tertiary/aromatic N) is 2. The molecule has 0 atom stereocenters. The smallest absolute Gasteiger partial charge is 0.204 e. The molecule has 3 rings (SSSR count). The second-order valence-electron chi connectivity index (χ2n) is 5.27. The lowest BCUT2D eigenvalue weighted by molar-refractivity contribution is 0.476. The van der Waals surface area contributed by atoms with Crippen molar-refractivity contribution in [2.75, 3.05) is 18.4 Å². The maximum atomic E-state index is 4.76. The molecular formula is C16H23IN4. The van der Waals surface area contributed by atoms with E-state index in [0.29, 0.717) is 6.04 Å². The van der Waals surface area contributed by atoms with Crippen molar-refractivity contribution in [1.82, 2.24) is 14.9 Å². The molecule has 0 amide bonds. The van der Waals surface area contributed by atoms with Crippen LogP contribution in [0.3, 0.4) is 0 Å². The number of aromatic nitrogens is 2. The largest absolute Gasteiger partial charge is 0.353 e. The average Bonchev–Trinajstić information content (AvgIpc) is 2.83. The third kappa shape index (κ3) is 3.77. The van der Waals surface area contributed by atoms with E-state index in [4.69, 9.17) is 4.98 Å². The van der Waals surface area contributed by atoms with Crippen LogP contribution in [-0.4, -0.2) is 28.7 Å². The molecule has 1 aromatic carbocycles. The molecule has 1 saturated heterocycles. The van der Waals surface area contributed by atoms with Crippen LogP contribution in [0.5, 0.6) is 0 Å². The zero-order valence-electron chi connectivity index (χ0n) is 12.4. The van der Waals surface area contributed by atoms with Gasteiger partial charge in [0.2, 0.25) is 5.95 Å². The van der Waals surface area contributed by atoms with Gasteiger partial charge >= 0.3 is 0 Å². The molecule has 0 unspecified atom stereocenters. The molecular weight excluding hydrogens is 375 g/mol. The van der Waals surface area contributed by atoms with Gasteiger partial charge in [0.15, 0.2) is 0 Å². The molecule has 0 radical (unpaired) electrons. The highest BCUT2D eigenvalue weighted by Crippen LogP contribution is 2.21. The maximum Gasteiger partial charge on any atom is 0.204 e. The minimum Gasteiger partial charge on any atom is -0.353 e. The number of benzene rings is 1. The zero-order valence-corrected chi connectivity index (χ0v) is 14.7. The Balaban J connectivity index is 0.00000161. The maximum absolute atomic E-state index is 4.76. The van der Waals surface area contributed by atoms with Crippen molar-refractivity contribution in [3.8, 4) is 0 Å². The number of allylic oxidation sites excluding steroid dienone is 2. The van der Waals surface area contributed by atoms with E-state index in [1.807, 2.05) is 6.07 Å². The highest BCUT2D eigenvalue weighted by molar-refractivity contribution is 14.0. The van der Waals surface area contributed by atoms with Gasteiger partial charge in [0.25, 0.3) is 0 Å². The number of para-hydroxylation sites is 2. The lowest BCUT2D eigenvalue weighted by Crippen LogP contribution is -2.36. The first-order valence-corrected chi connectivity index (χ1v) is 7.42. The van der Waals surface area contributed by atoms with Crippen molar-refractivity contribution < 1.29 is 0 Å². The molecule has 1 fully saturated rings. The fraction of sp³-hybridized carbons (Fsp3) is 0.438. The summed E-state index contributed by atoms with van der Waals surface area (Å²) < 4.78 is 2.26. The molecule has 4 nitrogen and oxygen atoms in total. The first-order chi connectivity index (χ1) is 9.88. The lowest BCUT2D eigenvalue weighted by atomic mass is 10.1. The van der Waals surface area contributed by atoms with E-state index in [0.717, 1.165) is 43.9 Å². The third-order valence-electron chi connectivity index (χ3n) is 3.85. The number of anilines is 1. The standard InChI is InChI=1S/C16H22N4.HI/c1-2-3-12-20-15-7-5-4-6-14(15)19-16(20)18-13-8-10-17-11-9-13;/h2-7,13,17H,8-12H2,1H3,(H,18,19);1H. The van der Waals surface area contributed by atoms with Crippen LogP contribution in [-0.2, 0) is 6.54 Å². The van der Waals surface area contributed by atoms with Gasteiger partial charge in [0, 0.05) is 12.6 Å². The van der Waals surface area contributed by atoms with Crippen molar-refractivity contribution in [1.29, 1.82) is 0 Å². The number of imidazole rings is 1. The number of piperidine rings is 1. The molecule has 0 saturated carbocycles. The van der Waals surface area contributed by atoms with Gasteiger partial charge in [-0.25, -0.2) is 4.98 Å². The number of rotatable bonds is 4. The predicted octanol–water partition coefficient (Wildman–Crippen LogP) is 3.39. The minimum atomic E-state index is 0. The molecule has 1 aliphatic rings. The summed E-state index contributed by atoms with van der Waals surface area (Å²) in [5.74, 6) is 0.996. The lowest BCUT2D eigenvalue weighted by Gasteiger charge is -2.24. The summed E-state index contributed by atoms with van der Waals surface area (Å²) in [5.41, 5.74) is 2.26. The quantitative estimate of drug-likeness (QED) is 0.613. The average molecular weight is 398 g/mol. The molecule has 2 heterocycles. The van der Waals surface area contributed by atoms with Crippen molar-refractivity contribution in [2.24, 2.45) is 0 Å². The molecule has 0 bridgehead atoms. The minimum absolute atomic E-state index is 0. The van der Waals surface area contributed by atoms with Gasteiger partial charge in [-0.15, -0.1) is 24.0 Å². The molecule has 21 heavy (non-hydrogen) atoms. The van der Waals surface area contributed by atoms with Crippen molar-refractivity contribution in [2.45, 2.75) is 32.4 Å². The molecule has 5 heteroatoms. The Morgan fingerprint density at radius 3 is 2.86 bits per heavy atom.